The number of para-hydroxylation sites is 1. The third-order valence-electron chi connectivity index (χ3n) is 4.20. The molecular formula is C20H22N2O2S. The van der Waals surface area contributed by atoms with Crippen LogP contribution in [0.25, 0.3) is 10.2 Å². The van der Waals surface area contributed by atoms with Crippen molar-refractivity contribution >= 4 is 27.5 Å². The number of aromatic nitrogens is 1. The molecule has 0 saturated carbocycles. The maximum atomic E-state index is 12.5. The van der Waals surface area contributed by atoms with Gasteiger partial charge in [-0.15, -0.1) is 11.3 Å². The van der Waals surface area contributed by atoms with Crippen LogP contribution < -0.4 is 4.74 Å². The van der Waals surface area contributed by atoms with E-state index in [4.69, 9.17) is 4.74 Å². The van der Waals surface area contributed by atoms with E-state index < -0.39 is 0 Å². The molecule has 1 amide bonds. The summed E-state index contributed by atoms with van der Waals surface area (Å²) in [6.45, 7) is 6.05. The van der Waals surface area contributed by atoms with Crippen molar-refractivity contribution in [3.8, 4) is 5.75 Å². The van der Waals surface area contributed by atoms with Crippen LogP contribution in [0.1, 0.15) is 29.1 Å². The molecule has 4 nitrogen and oxygen atoms in total. The molecule has 0 aliphatic heterocycles. The first-order valence-electron chi connectivity index (χ1n) is 8.26. The van der Waals surface area contributed by atoms with Crippen LogP contribution in [0.4, 0.5) is 0 Å². The number of fused-ring (bicyclic) bond motifs is 1. The maximum absolute atomic E-state index is 12.5. The molecule has 25 heavy (non-hydrogen) atoms. The predicted molar refractivity (Wildman–Crippen MR) is 102 cm³/mol. The summed E-state index contributed by atoms with van der Waals surface area (Å²) in [5.74, 6) is 0.665. The van der Waals surface area contributed by atoms with Crippen molar-refractivity contribution in [2.24, 2.45) is 0 Å². The number of ether oxygens (including phenoxy) is 1. The van der Waals surface area contributed by atoms with Gasteiger partial charge < -0.3 is 9.64 Å². The number of carbonyl (C=O) groups excluding carboxylic acids is 1. The Hall–Kier alpha value is -2.40. The molecule has 0 aliphatic carbocycles. The highest BCUT2D eigenvalue weighted by Gasteiger charge is 2.21. The number of aryl methyl sites for hydroxylation is 2. The average molecular weight is 354 g/mol. The van der Waals surface area contributed by atoms with Gasteiger partial charge in [0.15, 0.2) is 6.61 Å². The largest absolute Gasteiger partial charge is 0.484 e. The molecular weight excluding hydrogens is 332 g/mol. The number of rotatable bonds is 5. The predicted octanol–water partition coefficient (Wildman–Crippen LogP) is 4.51. The summed E-state index contributed by atoms with van der Waals surface area (Å²) in [6.07, 6.45) is 0. The SMILES string of the molecule is Cc1cc(C)cc(OCC(=O)N(C)[C@H](C)c2nc3ccccc3s2)c1. The number of hydrogen-bond donors (Lipinski definition) is 0. The van der Waals surface area contributed by atoms with Gasteiger partial charge in [0.1, 0.15) is 10.8 Å². The lowest BCUT2D eigenvalue weighted by Crippen LogP contribution is -2.33. The fraction of sp³-hybridized carbons (Fsp3) is 0.300. The van der Waals surface area contributed by atoms with Gasteiger partial charge in [-0.2, -0.15) is 0 Å². The summed E-state index contributed by atoms with van der Waals surface area (Å²) in [5.41, 5.74) is 3.22. The zero-order chi connectivity index (χ0) is 18.0. The maximum Gasteiger partial charge on any atom is 0.260 e. The molecule has 1 aromatic heterocycles. The molecule has 3 rings (SSSR count). The van der Waals surface area contributed by atoms with E-state index in [9.17, 15) is 4.79 Å². The molecule has 130 valence electrons. The van der Waals surface area contributed by atoms with Crippen LogP contribution in [0.3, 0.4) is 0 Å². The Morgan fingerprint density at radius 1 is 1.20 bits per heavy atom. The normalized spacial score (nSPS) is 12.2. The van der Waals surface area contributed by atoms with Crippen LogP contribution in [-0.2, 0) is 4.79 Å². The second kappa shape index (κ2) is 7.23. The Kier molecular flexibility index (Phi) is 5.04. The minimum atomic E-state index is -0.0901. The second-order valence-electron chi connectivity index (χ2n) is 6.31. The topological polar surface area (TPSA) is 42.4 Å². The van der Waals surface area contributed by atoms with Gasteiger partial charge >= 0.3 is 0 Å². The first kappa shape index (κ1) is 17.4. The Bertz CT molecular complexity index is 850. The fourth-order valence-electron chi connectivity index (χ4n) is 2.71. The van der Waals surface area contributed by atoms with Gasteiger partial charge in [0.05, 0.1) is 16.3 Å². The molecule has 5 heteroatoms. The lowest BCUT2D eigenvalue weighted by Gasteiger charge is -2.23. The molecule has 0 N–H and O–H groups in total. The van der Waals surface area contributed by atoms with Crippen LogP contribution in [-0.4, -0.2) is 29.4 Å². The van der Waals surface area contributed by atoms with Crippen molar-refractivity contribution in [1.29, 1.82) is 0 Å². The molecule has 0 fully saturated rings. The van der Waals surface area contributed by atoms with Crippen molar-refractivity contribution in [3.63, 3.8) is 0 Å². The van der Waals surface area contributed by atoms with Gasteiger partial charge in [0.25, 0.3) is 5.91 Å². The smallest absolute Gasteiger partial charge is 0.260 e. The van der Waals surface area contributed by atoms with Gasteiger partial charge in [-0.3, -0.25) is 4.79 Å². The highest BCUT2D eigenvalue weighted by atomic mass is 32.1. The highest BCUT2D eigenvalue weighted by molar-refractivity contribution is 7.18. The Balaban J connectivity index is 1.66. The average Bonchev–Trinajstić information content (AvgIpc) is 3.01. The number of hydrogen-bond acceptors (Lipinski definition) is 4. The number of carbonyl (C=O) groups is 1. The lowest BCUT2D eigenvalue weighted by molar-refractivity contribution is -0.134. The van der Waals surface area contributed by atoms with Crippen molar-refractivity contribution < 1.29 is 9.53 Å². The van der Waals surface area contributed by atoms with Crippen LogP contribution in [0.5, 0.6) is 5.75 Å². The first-order chi connectivity index (χ1) is 11.9. The summed E-state index contributed by atoms with van der Waals surface area (Å²) in [4.78, 5) is 18.8. The van der Waals surface area contributed by atoms with E-state index in [2.05, 4.69) is 11.1 Å². The molecule has 2 aromatic carbocycles. The van der Waals surface area contributed by atoms with Gasteiger partial charge in [0.2, 0.25) is 0 Å². The van der Waals surface area contributed by atoms with Crippen LogP contribution in [0, 0.1) is 13.8 Å². The number of thiazole rings is 1. The molecule has 0 saturated heterocycles. The third-order valence-corrected chi connectivity index (χ3v) is 5.41. The van der Waals surface area contributed by atoms with E-state index in [0.717, 1.165) is 32.1 Å². The molecule has 1 atom stereocenters. The molecule has 1 heterocycles. The minimum Gasteiger partial charge on any atom is -0.484 e. The van der Waals surface area contributed by atoms with E-state index in [1.807, 2.05) is 57.2 Å². The summed E-state index contributed by atoms with van der Waals surface area (Å²) >= 11 is 1.62. The summed E-state index contributed by atoms with van der Waals surface area (Å²) in [6, 6.07) is 13.9. The van der Waals surface area contributed by atoms with Gasteiger partial charge in [-0.05, 0) is 56.2 Å². The molecule has 0 aliphatic rings. The van der Waals surface area contributed by atoms with Crippen molar-refractivity contribution in [1.82, 2.24) is 9.88 Å². The zero-order valence-electron chi connectivity index (χ0n) is 14.9. The number of amides is 1. The van der Waals surface area contributed by atoms with Gasteiger partial charge in [-0.1, -0.05) is 18.2 Å². The Labute approximate surface area is 152 Å². The highest BCUT2D eigenvalue weighted by Crippen LogP contribution is 2.28. The van der Waals surface area contributed by atoms with E-state index in [0.29, 0.717) is 0 Å². The molecule has 3 aromatic rings. The zero-order valence-corrected chi connectivity index (χ0v) is 15.8. The van der Waals surface area contributed by atoms with Gasteiger partial charge in [-0.25, -0.2) is 4.98 Å². The van der Waals surface area contributed by atoms with Crippen molar-refractivity contribution in [2.45, 2.75) is 26.8 Å². The van der Waals surface area contributed by atoms with E-state index >= 15 is 0 Å². The van der Waals surface area contributed by atoms with E-state index in [1.54, 1.807) is 23.3 Å². The lowest BCUT2D eigenvalue weighted by atomic mass is 10.1. The molecule has 0 bridgehead atoms. The van der Waals surface area contributed by atoms with Crippen LogP contribution >= 0.6 is 11.3 Å². The number of likely N-dealkylation sites (N-methyl/N-ethyl adjacent to an activating group) is 1. The summed E-state index contributed by atoms with van der Waals surface area (Å²) < 4.78 is 6.82. The summed E-state index contributed by atoms with van der Waals surface area (Å²) in [7, 11) is 1.80. The molecule has 0 unspecified atom stereocenters. The fourth-order valence-corrected chi connectivity index (χ4v) is 3.78. The number of benzene rings is 2. The first-order valence-corrected chi connectivity index (χ1v) is 9.08. The van der Waals surface area contributed by atoms with Crippen LogP contribution in [0.15, 0.2) is 42.5 Å². The van der Waals surface area contributed by atoms with E-state index in [-0.39, 0.29) is 18.6 Å². The monoisotopic (exact) mass is 354 g/mol. The molecule has 0 radical (unpaired) electrons. The summed E-state index contributed by atoms with van der Waals surface area (Å²) in [5, 5.41) is 0.934. The van der Waals surface area contributed by atoms with Gasteiger partial charge in [0, 0.05) is 7.05 Å². The molecule has 0 spiro atoms. The van der Waals surface area contributed by atoms with Crippen molar-refractivity contribution in [3.05, 3.63) is 58.6 Å². The number of nitrogens with zero attached hydrogens (tertiary/aromatic N) is 2. The quantitative estimate of drug-likeness (QED) is 0.677. The van der Waals surface area contributed by atoms with E-state index in [1.165, 1.54) is 0 Å². The second-order valence-corrected chi connectivity index (χ2v) is 7.37. The Morgan fingerprint density at radius 2 is 1.88 bits per heavy atom. The standard InChI is InChI=1S/C20H22N2O2S/c1-13-9-14(2)11-16(10-13)24-12-19(23)22(4)15(3)20-21-17-7-5-6-8-18(17)25-20/h5-11,15H,12H2,1-4H3/t15-/m1/s1. The van der Waals surface area contributed by atoms with Crippen molar-refractivity contribution in [2.75, 3.05) is 13.7 Å². The Morgan fingerprint density at radius 3 is 2.56 bits per heavy atom. The van der Waals surface area contributed by atoms with Crippen LogP contribution in [0.2, 0.25) is 0 Å². The third kappa shape index (κ3) is 3.99. The minimum absolute atomic E-state index is 0.0224.